The minimum absolute atomic E-state index is 0.374. The SMILES string of the molecule is CCCC(C)N(C)c1nnccc1C#N. The molecule has 0 radical (unpaired) electrons. The van der Waals surface area contributed by atoms with Crippen LogP contribution in [0.15, 0.2) is 12.3 Å². The highest BCUT2D eigenvalue weighted by Gasteiger charge is 2.14. The molecule has 1 heterocycles. The van der Waals surface area contributed by atoms with Gasteiger partial charge in [0.1, 0.15) is 6.07 Å². The van der Waals surface area contributed by atoms with Crippen molar-refractivity contribution in [2.45, 2.75) is 32.7 Å². The van der Waals surface area contributed by atoms with Gasteiger partial charge in [0.25, 0.3) is 0 Å². The van der Waals surface area contributed by atoms with Crippen molar-refractivity contribution in [3.8, 4) is 6.07 Å². The first-order chi connectivity index (χ1) is 7.20. The maximum absolute atomic E-state index is 8.93. The number of anilines is 1. The number of rotatable bonds is 4. The average Bonchev–Trinajstić information content (AvgIpc) is 2.28. The zero-order valence-electron chi connectivity index (χ0n) is 9.44. The summed E-state index contributed by atoms with van der Waals surface area (Å²) in [6, 6.07) is 4.20. The van der Waals surface area contributed by atoms with Gasteiger partial charge in [-0.05, 0) is 19.4 Å². The van der Waals surface area contributed by atoms with Crippen molar-refractivity contribution >= 4 is 5.82 Å². The van der Waals surface area contributed by atoms with Gasteiger partial charge in [0, 0.05) is 13.1 Å². The van der Waals surface area contributed by atoms with E-state index in [1.54, 1.807) is 12.3 Å². The topological polar surface area (TPSA) is 52.8 Å². The summed E-state index contributed by atoms with van der Waals surface area (Å²) in [6.07, 6.45) is 3.74. The molecule has 0 spiro atoms. The quantitative estimate of drug-likeness (QED) is 0.752. The summed E-state index contributed by atoms with van der Waals surface area (Å²) >= 11 is 0. The highest BCUT2D eigenvalue weighted by molar-refractivity contribution is 5.52. The fourth-order valence-corrected chi connectivity index (χ4v) is 1.49. The van der Waals surface area contributed by atoms with Gasteiger partial charge in [0.15, 0.2) is 5.82 Å². The Morgan fingerprint density at radius 1 is 1.60 bits per heavy atom. The van der Waals surface area contributed by atoms with Crippen LogP contribution in [0.2, 0.25) is 0 Å². The smallest absolute Gasteiger partial charge is 0.169 e. The van der Waals surface area contributed by atoms with E-state index in [-0.39, 0.29) is 0 Å². The van der Waals surface area contributed by atoms with Gasteiger partial charge in [0.2, 0.25) is 0 Å². The molecular formula is C11H16N4. The molecule has 0 aliphatic heterocycles. The lowest BCUT2D eigenvalue weighted by molar-refractivity contribution is 0.608. The van der Waals surface area contributed by atoms with Crippen LogP contribution in [-0.2, 0) is 0 Å². The molecule has 0 aromatic carbocycles. The first-order valence-electron chi connectivity index (χ1n) is 5.15. The molecule has 80 valence electrons. The van der Waals surface area contributed by atoms with Gasteiger partial charge >= 0.3 is 0 Å². The van der Waals surface area contributed by atoms with E-state index in [2.05, 4.69) is 30.1 Å². The number of hydrogen-bond acceptors (Lipinski definition) is 4. The summed E-state index contributed by atoms with van der Waals surface area (Å²) in [5.74, 6) is 0.668. The third-order valence-electron chi connectivity index (χ3n) is 2.52. The fraction of sp³-hybridized carbons (Fsp3) is 0.545. The van der Waals surface area contributed by atoms with E-state index in [1.165, 1.54) is 0 Å². The van der Waals surface area contributed by atoms with Crippen LogP contribution in [0, 0.1) is 11.3 Å². The van der Waals surface area contributed by atoms with E-state index >= 15 is 0 Å². The largest absolute Gasteiger partial charge is 0.354 e. The van der Waals surface area contributed by atoms with Crippen LogP contribution in [0.4, 0.5) is 5.82 Å². The average molecular weight is 204 g/mol. The molecule has 0 aliphatic carbocycles. The summed E-state index contributed by atoms with van der Waals surface area (Å²) in [5.41, 5.74) is 0.579. The normalized spacial score (nSPS) is 11.9. The van der Waals surface area contributed by atoms with Crippen LogP contribution < -0.4 is 4.90 Å². The lowest BCUT2D eigenvalue weighted by atomic mass is 10.1. The lowest BCUT2D eigenvalue weighted by Gasteiger charge is -2.25. The van der Waals surface area contributed by atoms with E-state index in [9.17, 15) is 0 Å². The maximum atomic E-state index is 8.93. The number of nitriles is 1. The van der Waals surface area contributed by atoms with E-state index in [1.807, 2.05) is 11.9 Å². The summed E-state index contributed by atoms with van der Waals surface area (Å²) < 4.78 is 0. The monoisotopic (exact) mass is 204 g/mol. The van der Waals surface area contributed by atoms with E-state index in [0.717, 1.165) is 12.8 Å². The Morgan fingerprint density at radius 3 is 2.93 bits per heavy atom. The van der Waals surface area contributed by atoms with Crippen molar-refractivity contribution in [2.24, 2.45) is 0 Å². The minimum atomic E-state index is 0.374. The van der Waals surface area contributed by atoms with E-state index in [4.69, 9.17) is 5.26 Å². The zero-order valence-corrected chi connectivity index (χ0v) is 9.44. The first-order valence-corrected chi connectivity index (χ1v) is 5.15. The van der Waals surface area contributed by atoms with Crippen LogP contribution in [0.25, 0.3) is 0 Å². The summed E-state index contributed by atoms with van der Waals surface area (Å²) in [7, 11) is 1.95. The number of hydrogen-bond donors (Lipinski definition) is 0. The van der Waals surface area contributed by atoms with Gasteiger partial charge in [0.05, 0.1) is 11.8 Å². The Hall–Kier alpha value is -1.63. The Bertz CT molecular complexity index is 356. The molecule has 0 fully saturated rings. The molecule has 1 aromatic rings. The third-order valence-corrected chi connectivity index (χ3v) is 2.52. The van der Waals surface area contributed by atoms with Crippen LogP contribution >= 0.6 is 0 Å². The molecule has 0 N–H and O–H groups in total. The van der Waals surface area contributed by atoms with Gasteiger partial charge in [-0.25, -0.2) is 0 Å². The van der Waals surface area contributed by atoms with Crippen molar-refractivity contribution in [2.75, 3.05) is 11.9 Å². The molecule has 1 rings (SSSR count). The van der Waals surface area contributed by atoms with Gasteiger partial charge < -0.3 is 4.90 Å². The van der Waals surface area contributed by atoms with E-state index < -0.39 is 0 Å². The van der Waals surface area contributed by atoms with Crippen LogP contribution in [0.5, 0.6) is 0 Å². The zero-order chi connectivity index (χ0) is 11.3. The molecule has 0 saturated heterocycles. The van der Waals surface area contributed by atoms with Crippen molar-refractivity contribution in [1.29, 1.82) is 5.26 Å². The standard InChI is InChI=1S/C11H16N4/c1-4-5-9(2)15(3)11-10(8-12)6-7-13-14-11/h6-7,9H,4-5H2,1-3H3. The molecule has 1 atom stereocenters. The summed E-state index contributed by atoms with van der Waals surface area (Å²) in [5, 5.41) is 16.8. The number of aromatic nitrogens is 2. The second-order valence-corrected chi connectivity index (χ2v) is 3.63. The highest BCUT2D eigenvalue weighted by atomic mass is 15.3. The summed E-state index contributed by atoms with van der Waals surface area (Å²) in [4.78, 5) is 2.01. The summed E-state index contributed by atoms with van der Waals surface area (Å²) in [6.45, 7) is 4.27. The predicted octanol–water partition coefficient (Wildman–Crippen LogP) is 1.97. The van der Waals surface area contributed by atoms with Gasteiger partial charge in [-0.1, -0.05) is 13.3 Å². The third kappa shape index (κ3) is 2.66. The molecule has 0 saturated carbocycles. The molecule has 1 unspecified atom stereocenters. The van der Waals surface area contributed by atoms with Crippen molar-refractivity contribution in [3.05, 3.63) is 17.8 Å². The Balaban J connectivity index is 2.91. The molecule has 1 aromatic heterocycles. The molecular weight excluding hydrogens is 188 g/mol. The van der Waals surface area contributed by atoms with Crippen LogP contribution in [-0.4, -0.2) is 23.3 Å². The van der Waals surface area contributed by atoms with Crippen molar-refractivity contribution in [1.82, 2.24) is 10.2 Å². The minimum Gasteiger partial charge on any atom is -0.354 e. The van der Waals surface area contributed by atoms with Crippen LogP contribution in [0.3, 0.4) is 0 Å². The van der Waals surface area contributed by atoms with Gasteiger partial charge in [-0.15, -0.1) is 5.10 Å². The molecule has 0 bridgehead atoms. The molecule has 0 aliphatic rings. The van der Waals surface area contributed by atoms with Gasteiger partial charge in [-0.3, -0.25) is 0 Å². The highest BCUT2D eigenvalue weighted by Crippen LogP contribution is 2.17. The van der Waals surface area contributed by atoms with Crippen molar-refractivity contribution < 1.29 is 0 Å². The van der Waals surface area contributed by atoms with Crippen LogP contribution in [0.1, 0.15) is 32.3 Å². The molecule has 4 heteroatoms. The fourth-order valence-electron chi connectivity index (χ4n) is 1.49. The number of nitrogens with zero attached hydrogens (tertiary/aromatic N) is 4. The molecule has 15 heavy (non-hydrogen) atoms. The molecule has 4 nitrogen and oxygen atoms in total. The Morgan fingerprint density at radius 2 is 2.33 bits per heavy atom. The van der Waals surface area contributed by atoms with Gasteiger partial charge in [-0.2, -0.15) is 10.4 Å². The molecule has 0 amide bonds. The van der Waals surface area contributed by atoms with Crippen molar-refractivity contribution in [3.63, 3.8) is 0 Å². The second kappa shape index (κ2) is 5.30. The Labute approximate surface area is 90.5 Å². The lowest BCUT2D eigenvalue weighted by Crippen LogP contribution is -2.30. The maximum Gasteiger partial charge on any atom is 0.169 e. The second-order valence-electron chi connectivity index (χ2n) is 3.63. The Kier molecular flexibility index (Phi) is 4.04. The van der Waals surface area contributed by atoms with E-state index in [0.29, 0.717) is 17.4 Å². The first kappa shape index (κ1) is 11.4. The predicted molar refractivity (Wildman–Crippen MR) is 59.5 cm³/mol.